The molecule has 2 heterocycles. The fourth-order valence-corrected chi connectivity index (χ4v) is 2.76. The Kier molecular flexibility index (Phi) is 3.97. The van der Waals surface area contributed by atoms with Gasteiger partial charge in [0.2, 0.25) is 0 Å². The molecule has 1 unspecified atom stereocenters. The summed E-state index contributed by atoms with van der Waals surface area (Å²) in [4.78, 5) is 11.2. The van der Waals surface area contributed by atoms with Crippen molar-refractivity contribution in [3.05, 3.63) is 11.9 Å². The van der Waals surface area contributed by atoms with E-state index in [2.05, 4.69) is 54.8 Å². The van der Waals surface area contributed by atoms with E-state index in [9.17, 15) is 0 Å². The first-order valence-electron chi connectivity index (χ1n) is 7.24. The molecule has 1 aromatic rings. The van der Waals surface area contributed by atoms with Gasteiger partial charge >= 0.3 is 0 Å². The Bertz CT molecular complexity index is 436. The fraction of sp³-hybridized carbons (Fsp3) is 0.733. The Hall–Kier alpha value is -1.32. The maximum Gasteiger partial charge on any atom is 0.137 e. The average Bonchev–Trinajstić information content (AvgIpc) is 2.81. The van der Waals surface area contributed by atoms with Gasteiger partial charge in [0, 0.05) is 25.2 Å². The van der Waals surface area contributed by atoms with Gasteiger partial charge in [-0.3, -0.25) is 0 Å². The highest BCUT2D eigenvalue weighted by Gasteiger charge is 2.33. The minimum Gasteiger partial charge on any atom is -0.370 e. The first-order chi connectivity index (χ1) is 8.93. The molecule has 0 radical (unpaired) electrons. The smallest absolute Gasteiger partial charge is 0.137 e. The molecule has 19 heavy (non-hydrogen) atoms. The van der Waals surface area contributed by atoms with Crippen molar-refractivity contribution in [1.29, 1.82) is 0 Å². The molecular weight excluding hydrogens is 236 g/mol. The Morgan fingerprint density at radius 1 is 1.37 bits per heavy atom. The number of anilines is 2. The standard InChI is InChI=1S/C15H26N4/c1-6-16-13-11(2)14(18-10-17-13)19-8-7-12(9-19)15(3,4)5/h10,12H,6-9H2,1-5H3,(H,16,17,18). The van der Waals surface area contributed by atoms with Crippen molar-refractivity contribution in [2.45, 2.75) is 41.0 Å². The Morgan fingerprint density at radius 2 is 2.11 bits per heavy atom. The molecule has 0 aliphatic carbocycles. The molecule has 0 aromatic carbocycles. The van der Waals surface area contributed by atoms with E-state index in [4.69, 9.17) is 0 Å². The molecule has 1 N–H and O–H groups in total. The highest BCUT2D eigenvalue weighted by Crippen LogP contribution is 2.36. The van der Waals surface area contributed by atoms with Crippen molar-refractivity contribution in [2.75, 3.05) is 29.9 Å². The van der Waals surface area contributed by atoms with Gasteiger partial charge in [-0.25, -0.2) is 9.97 Å². The molecule has 106 valence electrons. The molecule has 4 heteroatoms. The van der Waals surface area contributed by atoms with Crippen LogP contribution < -0.4 is 10.2 Å². The zero-order valence-corrected chi connectivity index (χ0v) is 12.8. The molecule has 1 saturated heterocycles. The summed E-state index contributed by atoms with van der Waals surface area (Å²) in [7, 11) is 0. The van der Waals surface area contributed by atoms with Gasteiger partial charge in [0.15, 0.2) is 0 Å². The van der Waals surface area contributed by atoms with Crippen molar-refractivity contribution in [1.82, 2.24) is 9.97 Å². The summed E-state index contributed by atoms with van der Waals surface area (Å²) >= 11 is 0. The van der Waals surface area contributed by atoms with E-state index in [0.29, 0.717) is 5.41 Å². The van der Waals surface area contributed by atoms with Crippen molar-refractivity contribution in [3.8, 4) is 0 Å². The van der Waals surface area contributed by atoms with E-state index in [0.717, 1.165) is 37.2 Å². The van der Waals surface area contributed by atoms with Crippen LogP contribution in [0.3, 0.4) is 0 Å². The molecule has 0 saturated carbocycles. The number of nitrogens with one attached hydrogen (secondary N) is 1. The van der Waals surface area contributed by atoms with Gasteiger partial charge in [0.05, 0.1) is 0 Å². The van der Waals surface area contributed by atoms with Gasteiger partial charge in [-0.1, -0.05) is 20.8 Å². The van der Waals surface area contributed by atoms with E-state index < -0.39 is 0 Å². The van der Waals surface area contributed by atoms with E-state index in [1.807, 2.05) is 0 Å². The molecule has 1 aliphatic heterocycles. The van der Waals surface area contributed by atoms with Gasteiger partial charge < -0.3 is 10.2 Å². The molecule has 0 amide bonds. The second-order valence-corrected chi connectivity index (χ2v) is 6.50. The van der Waals surface area contributed by atoms with Crippen LogP contribution in [0.25, 0.3) is 0 Å². The van der Waals surface area contributed by atoms with Crippen LogP contribution in [0.15, 0.2) is 6.33 Å². The second kappa shape index (κ2) is 5.35. The number of rotatable bonds is 3. The van der Waals surface area contributed by atoms with E-state index >= 15 is 0 Å². The summed E-state index contributed by atoms with van der Waals surface area (Å²) in [5, 5.41) is 3.30. The van der Waals surface area contributed by atoms with Crippen LogP contribution in [0, 0.1) is 18.3 Å². The monoisotopic (exact) mass is 262 g/mol. The maximum absolute atomic E-state index is 4.49. The van der Waals surface area contributed by atoms with Crippen molar-refractivity contribution in [3.63, 3.8) is 0 Å². The Labute approximate surface area is 116 Å². The van der Waals surface area contributed by atoms with Gasteiger partial charge in [-0.15, -0.1) is 0 Å². The summed E-state index contributed by atoms with van der Waals surface area (Å²) in [5.41, 5.74) is 1.54. The van der Waals surface area contributed by atoms with E-state index in [1.54, 1.807) is 6.33 Å². The molecule has 0 spiro atoms. The number of hydrogen-bond acceptors (Lipinski definition) is 4. The number of hydrogen-bond donors (Lipinski definition) is 1. The summed E-state index contributed by atoms with van der Waals surface area (Å²) in [5.74, 6) is 2.80. The van der Waals surface area contributed by atoms with Gasteiger partial charge in [-0.2, -0.15) is 0 Å². The van der Waals surface area contributed by atoms with Gasteiger partial charge in [0.25, 0.3) is 0 Å². The molecule has 0 bridgehead atoms. The van der Waals surface area contributed by atoms with E-state index in [1.165, 1.54) is 12.0 Å². The van der Waals surface area contributed by atoms with Gasteiger partial charge in [-0.05, 0) is 31.6 Å². The fourth-order valence-electron chi connectivity index (χ4n) is 2.76. The zero-order valence-electron chi connectivity index (χ0n) is 12.8. The molecule has 1 atom stereocenters. The van der Waals surface area contributed by atoms with Crippen LogP contribution in [0.1, 0.15) is 39.7 Å². The topological polar surface area (TPSA) is 41.1 Å². The third-order valence-electron chi connectivity index (χ3n) is 4.11. The van der Waals surface area contributed by atoms with Gasteiger partial charge in [0.1, 0.15) is 18.0 Å². The van der Waals surface area contributed by atoms with Crippen LogP contribution in [0.4, 0.5) is 11.6 Å². The lowest BCUT2D eigenvalue weighted by molar-refractivity contribution is 0.263. The second-order valence-electron chi connectivity index (χ2n) is 6.50. The zero-order chi connectivity index (χ0) is 14.0. The maximum atomic E-state index is 4.49. The third-order valence-corrected chi connectivity index (χ3v) is 4.11. The lowest BCUT2D eigenvalue weighted by Crippen LogP contribution is -2.27. The molecular formula is C15H26N4. The molecule has 2 rings (SSSR count). The predicted octanol–water partition coefficient (Wildman–Crippen LogP) is 3.09. The normalized spacial score (nSPS) is 19.8. The molecule has 1 aliphatic rings. The first kappa shape index (κ1) is 14.1. The Balaban J connectivity index is 2.18. The quantitative estimate of drug-likeness (QED) is 0.909. The van der Waals surface area contributed by atoms with Crippen LogP contribution >= 0.6 is 0 Å². The highest BCUT2D eigenvalue weighted by atomic mass is 15.2. The van der Waals surface area contributed by atoms with Crippen LogP contribution in [0.5, 0.6) is 0 Å². The molecule has 1 aromatic heterocycles. The molecule has 1 fully saturated rings. The van der Waals surface area contributed by atoms with Crippen molar-refractivity contribution >= 4 is 11.6 Å². The number of aromatic nitrogens is 2. The van der Waals surface area contributed by atoms with Crippen molar-refractivity contribution in [2.24, 2.45) is 11.3 Å². The predicted molar refractivity (Wildman–Crippen MR) is 80.7 cm³/mol. The Morgan fingerprint density at radius 3 is 2.68 bits per heavy atom. The van der Waals surface area contributed by atoms with Crippen LogP contribution in [-0.2, 0) is 0 Å². The lowest BCUT2D eigenvalue weighted by atomic mass is 9.80. The average molecular weight is 262 g/mol. The minimum atomic E-state index is 0.375. The summed E-state index contributed by atoms with van der Waals surface area (Å²) in [6, 6.07) is 0. The number of nitrogens with zero attached hydrogens (tertiary/aromatic N) is 3. The van der Waals surface area contributed by atoms with Crippen molar-refractivity contribution < 1.29 is 0 Å². The summed E-state index contributed by atoms with van der Waals surface area (Å²) in [6.07, 6.45) is 2.92. The summed E-state index contributed by atoms with van der Waals surface area (Å²) < 4.78 is 0. The van der Waals surface area contributed by atoms with Crippen LogP contribution in [0.2, 0.25) is 0 Å². The third kappa shape index (κ3) is 2.99. The van der Waals surface area contributed by atoms with E-state index in [-0.39, 0.29) is 0 Å². The SMILES string of the molecule is CCNc1ncnc(N2CCC(C(C)(C)C)C2)c1C. The minimum absolute atomic E-state index is 0.375. The highest BCUT2D eigenvalue weighted by molar-refractivity contribution is 5.58. The largest absolute Gasteiger partial charge is 0.370 e. The first-order valence-corrected chi connectivity index (χ1v) is 7.24. The molecule has 4 nitrogen and oxygen atoms in total. The van der Waals surface area contributed by atoms with Crippen LogP contribution in [-0.4, -0.2) is 29.6 Å². The lowest BCUT2D eigenvalue weighted by Gasteiger charge is -2.27. The summed E-state index contributed by atoms with van der Waals surface area (Å²) in [6.45, 7) is 14.3.